The molecule has 0 aliphatic heterocycles. The van der Waals surface area contributed by atoms with E-state index < -0.39 is 0 Å². The lowest BCUT2D eigenvalue weighted by Crippen LogP contribution is -2.09. The largest absolute Gasteiger partial charge is 0.330 e. The number of benzene rings is 1. The molecule has 2 aromatic rings. The summed E-state index contributed by atoms with van der Waals surface area (Å²) >= 11 is 3.55. The van der Waals surface area contributed by atoms with Crippen LogP contribution in [-0.4, -0.2) is 16.5 Å². The van der Waals surface area contributed by atoms with Crippen molar-refractivity contribution in [3.8, 4) is 11.4 Å². The molecular formula is C15H18BrN3. The van der Waals surface area contributed by atoms with Gasteiger partial charge in [0.25, 0.3) is 0 Å². The third-order valence-corrected chi connectivity index (χ3v) is 4.10. The Bertz CT molecular complexity index is 585. The Morgan fingerprint density at radius 3 is 2.26 bits per heavy atom. The van der Waals surface area contributed by atoms with Crippen molar-refractivity contribution in [2.75, 3.05) is 6.54 Å². The molecule has 0 bridgehead atoms. The van der Waals surface area contributed by atoms with Gasteiger partial charge in [0.05, 0.1) is 0 Å². The van der Waals surface area contributed by atoms with E-state index >= 15 is 0 Å². The number of nitrogens with two attached hydrogens (primary N) is 1. The molecule has 0 fully saturated rings. The van der Waals surface area contributed by atoms with E-state index in [0.717, 1.165) is 39.2 Å². The fraction of sp³-hybridized carbons (Fsp3) is 0.333. The van der Waals surface area contributed by atoms with E-state index in [0.29, 0.717) is 6.54 Å². The van der Waals surface area contributed by atoms with E-state index in [1.807, 2.05) is 13.8 Å². The molecule has 4 heteroatoms. The lowest BCUT2D eigenvalue weighted by atomic mass is 10.1. The average molecular weight is 320 g/mol. The first-order chi connectivity index (χ1) is 9.02. The topological polar surface area (TPSA) is 51.8 Å². The molecule has 0 radical (unpaired) electrons. The first kappa shape index (κ1) is 14.2. The van der Waals surface area contributed by atoms with Gasteiger partial charge in [0.1, 0.15) is 0 Å². The van der Waals surface area contributed by atoms with Gasteiger partial charge in [-0.1, -0.05) is 28.1 Å². The van der Waals surface area contributed by atoms with E-state index in [1.165, 1.54) is 5.56 Å². The molecule has 19 heavy (non-hydrogen) atoms. The molecule has 1 heterocycles. The highest BCUT2D eigenvalue weighted by molar-refractivity contribution is 9.10. The first-order valence-electron chi connectivity index (χ1n) is 6.33. The van der Waals surface area contributed by atoms with E-state index in [9.17, 15) is 0 Å². The Hall–Kier alpha value is -1.26. The second kappa shape index (κ2) is 5.80. The summed E-state index contributed by atoms with van der Waals surface area (Å²) in [6, 6.07) is 6.18. The van der Waals surface area contributed by atoms with Crippen molar-refractivity contribution in [1.82, 2.24) is 9.97 Å². The molecule has 0 saturated carbocycles. The zero-order valence-corrected chi connectivity index (χ0v) is 13.1. The molecule has 0 unspecified atom stereocenters. The van der Waals surface area contributed by atoms with Gasteiger partial charge in [0, 0.05) is 21.4 Å². The lowest BCUT2D eigenvalue weighted by molar-refractivity contribution is 0.898. The minimum atomic E-state index is 0.625. The van der Waals surface area contributed by atoms with Crippen LogP contribution in [0.4, 0.5) is 0 Å². The van der Waals surface area contributed by atoms with Crippen molar-refractivity contribution >= 4 is 15.9 Å². The molecule has 3 nitrogen and oxygen atoms in total. The maximum atomic E-state index is 5.62. The SMILES string of the molecule is Cc1ccc(-c2nc(C)c(CCN)c(C)n2)cc1Br. The van der Waals surface area contributed by atoms with Gasteiger partial charge < -0.3 is 5.73 Å². The van der Waals surface area contributed by atoms with E-state index in [4.69, 9.17) is 5.73 Å². The third kappa shape index (κ3) is 3.01. The van der Waals surface area contributed by atoms with E-state index in [-0.39, 0.29) is 0 Å². The van der Waals surface area contributed by atoms with Crippen LogP contribution in [0.5, 0.6) is 0 Å². The summed E-state index contributed by atoms with van der Waals surface area (Å²) in [5.74, 6) is 0.775. The lowest BCUT2D eigenvalue weighted by Gasteiger charge is -2.10. The van der Waals surface area contributed by atoms with Crippen molar-refractivity contribution < 1.29 is 0 Å². The van der Waals surface area contributed by atoms with Crippen LogP contribution in [-0.2, 0) is 6.42 Å². The van der Waals surface area contributed by atoms with Gasteiger partial charge in [-0.25, -0.2) is 9.97 Å². The zero-order valence-electron chi connectivity index (χ0n) is 11.5. The second-order valence-electron chi connectivity index (χ2n) is 4.70. The summed E-state index contributed by atoms with van der Waals surface area (Å²) in [6.07, 6.45) is 0.829. The predicted molar refractivity (Wildman–Crippen MR) is 82.1 cm³/mol. The van der Waals surface area contributed by atoms with Gasteiger partial charge in [-0.2, -0.15) is 0 Å². The molecule has 0 spiro atoms. The van der Waals surface area contributed by atoms with Crippen LogP contribution in [0.15, 0.2) is 22.7 Å². The van der Waals surface area contributed by atoms with E-state index in [2.05, 4.69) is 51.0 Å². The normalized spacial score (nSPS) is 10.8. The molecule has 1 aromatic heterocycles. The highest BCUT2D eigenvalue weighted by Crippen LogP contribution is 2.24. The number of aromatic nitrogens is 2. The van der Waals surface area contributed by atoms with Crippen LogP contribution < -0.4 is 5.73 Å². The minimum absolute atomic E-state index is 0.625. The number of nitrogens with zero attached hydrogens (tertiary/aromatic N) is 2. The molecule has 0 aliphatic carbocycles. The molecule has 0 aliphatic rings. The smallest absolute Gasteiger partial charge is 0.159 e. The van der Waals surface area contributed by atoms with Crippen molar-refractivity contribution in [2.45, 2.75) is 27.2 Å². The molecule has 2 N–H and O–H groups in total. The molecule has 0 amide bonds. The standard InChI is InChI=1S/C15H18BrN3/c1-9-4-5-12(8-14(9)16)15-18-10(2)13(6-7-17)11(3)19-15/h4-5,8H,6-7,17H2,1-3H3. The van der Waals surface area contributed by atoms with Crippen LogP contribution in [0.2, 0.25) is 0 Å². The highest BCUT2D eigenvalue weighted by Gasteiger charge is 2.10. The Balaban J connectivity index is 2.48. The number of halogens is 1. The summed E-state index contributed by atoms with van der Waals surface area (Å²) in [7, 11) is 0. The fourth-order valence-electron chi connectivity index (χ4n) is 2.11. The Kier molecular flexibility index (Phi) is 4.32. The van der Waals surface area contributed by atoms with Crippen molar-refractivity contribution in [2.24, 2.45) is 5.73 Å². The van der Waals surface area contributed by atoms with Gasteiger partial charge >= 0.3 is 0 Å². The van der Waals surface area contributed by atoms with Gasteiger partial charge in [-0.3, -0.25) is 0 Å². The monoisotopic (exact) mass is 319 g/mol. The number of hydrogen-bond donors (Lipinski definition) is 1. The molecule has 1 aromatic carbocycles. The first-order valence-corrected chi connectivity index (χ1v) is 7.13. The maximum absolute atomic E-state index is 5.62. The van der Waals surface area contributed by atoms with Gasteiger partial charge in [-0.15, -0.1) is 0 Å². The fourth-order valence-corrected chi connectivity index (χ4v) is 2.49. The van der Waals surface area contributed by atoms with Crippen LogP contribution >= 0.6 is 15.9 Å². The summed E-state index contributed by atoms with van der Waals surface area (Å²) < 4.78 is 1.08. The molecule has 2 rings (SSSR count). The summed E-state index contributed by atoms with van der Waals surface area (Å²) in [5.41, 5.74) is 11.1. The highest BCUT2D eigenvalue weighted by atomic mass is 79.9. The Morgan fingerprint density at radius 2 is 1.74 bits per heavy atom. The Morgan fingerprint density at radius 1 is 1.11 bits per heavy atom. The van der Waals surface area contributed by atoms with Crippen LogP contribution in [0.1, 0.15) is 22.5 Å². The van der Waals surface area contributed by atoms with Crippen molar-refractivity contribution in [3.05, 3.63) is 45.2 Å². The Labute approximate surface area is 122 Å². The quantitative estimate of drug-likeness (QED) is 0.944. The molecule has 100 valence electrons. The van der Waals surface area contributed by atoms with E-state index in [1.54, 1.807) is 0 Å². The molecule has 0 atom stereocenters. The summed E-state index contributed by atoms with van der Waals surface area (Å²) in [5, 5.41) is 0. The van der Waals surface area contributed by atoms with Crippen LogP contribution in [0.3, 0.4) is 0 Å². The second-order valence-corrected chi connectivity index (χ2v) is 5.55. The van der Waals surface area contributed by atoms with Gasteiger partial charge in [0.2, 0.25) is 0 Å². The van der Waals surface area contributed by atoms with Gasteiger partial charge in [-0.05, 0) is 50.9 Å². The summed E-state index contributed by atoms with van der Waals surface area (Å²) in [4.78, 5) is 9.21. The summed E-state index contributed by atoms with van der Waals surface area (Å²) in [6.45, 7) is 6.73. The zero-order chi connectivity index (χ0) is 14.0. The molecular weight excluding hydrogens is 302 g/mol. The number of rotatable bonds is 3. The van der Waals surface area contributed by atoms with Crippen LogP contribution in [0.25, 0.3) is 11.4 Å². The molecule has 0 saturated heterocycles. The van der Waals surface area contributed by atoms with Gasteiger partial charge in [0.15, 0.2) is 5.82 Å². The minimum Gasteiger partial charge on any atom is -0.330 e. The third-order valence-electron chi connectivity index (χ3n) is 3.25. The van der Waals surface area contributed by atoms with Crippen molar-refractivity contribution in [1.29, 1.82) is 0 Å². The maximum Gasteiger partial charge on any atom is 0.159 e. The number of hydrogen-bond acceptors (Lipinski definition) is 3. The van der Waals surface area contributed by atoms with Crippen molar-refractivity contribution in [3.63, 3.8) is 0 Å². The number of aryl methyl sites for hydroxylation is 3. The predicted octanol–water partition coefficient (Wildman–Crippen LogP) is 3.33. The van der Waals surface area contributed by atoms with Crippen LogP contribution in [0, 0.1) is 20.8 Å². The average Bonchev–Trinajstić information content (AvgIpc) is 2.37.